The SMILES string of the molecule is CCCCSCC(=O)Nc1ccc(N(C)C)nc1. The highest BCUT2D eigenvalue weighted by Crippen LogP contribution is 2.12. The van der Waals surface area contributed by atoms with E-state index in [1.807, 2.05) is 31.1 Å². The van der Waals surface area contributed by atoms with Crippen molar-refractivity contribution in [2.24, 2.45) is 0 Å². The summed E-state index contributed by atoms with van der Waals surface area (Å²) in [4.78, 5) is 17.8. The molecule has 0 saturated carbocycles. The first kappa shape index (κ1) is 14.8. The van der Waals surface area contributed by atoms with Gasteiger partial charge in [0.25, 0.3) is 0 Å². The third kappa shape index (κ3) is 5.40. The molecule has 1 N–H and O–H groups in total. The zero-order valence-electron chi connectivity index (χ0n) is 11.3. The van der Waals surface area contributed by atoms with E-state index < -0.39 is 0 Å². The van der Waals surface area contributed by atoms with E-state index in [2.05, 4.69) is 17.2 Å². The van der Waals surface area contributed by atoms with E-state index in [9.17, 15) is 4.79 Å². The van der Waals surface area contributed by atoms with E-state index in [1.165, 1.54) is 6.42 Å². The number of aromatic nitrogens is 1. The Kier molecular flexibility index (Phi) is 6.57. The number of rotatable bonds is 7. The van der Waals surface area contributed by atoms with Crippen LogP contribution in [-0.2, 0) is 4.79 Å². The van der Waals surface area contributed by atoms with Crippen molar-refractivity contribution in [2.75, 3.05) is 35.8 Å². The molecule has 0 saturated heterocycles. The number of amides is 1. The van der Waals surface area contributed by atoms with Gasteiger partial charge >= 0.3 is 0 Å². The van der Waals surface area contributed by atoms with Gasteiger partial charge in [0.1, 0.15) is 5.82 Å². The minimum Gasteiger partial charge on any atom is -0.363 e. The summed E-state index contributed by atoms with van der Waals surface area (Å²) in [6, 6.07) is 3.76. The Labute approximate surface area is 113 Å². The van der Waals surface area contributed by atoms with Gasteiger partial charge in [-0.3, -0.25) is 4.79 Å². The van der Waals surface area contributed by atoms with Crippen LogP contribution in [0.3, 0.4) is 0 Å². The molecule has 1 aromatic heterocycles. The van der Waals surface area contributed by atoms with Crippen LogP contribution in [0.2, 0.25) is 0 Å². The van der Waals surface area contributed by atoms with Gasteiger partial charge in [-0.25, -0.2) is 4.98 Å². The highest BCUT2D eigenvalue weighted by atomic mass is 32.2. The average molecular weight is 267 g/mol. The highest BCUT2D eigenvalue weighted by Gasteiger charge is 2.03. The summed E-state index contributed by atoms with van der Waals surface area (Å²) in [5.74, 6) is 2.47. The lowest BCUT2D eigenvalue weighted by Gasteiger charge is -2.11. The Hall–Kier alpha value is -1.23. The van der Waals surface area contributed by atoms with E-state index in [0.29, 0.717) is 5.75 Å². The molecule has 100 valence electrons. The van der Waals surface area contributed by atoms with E-state index >= 15 is 0 Å². The van der Waals surface area contributed by atoms with Crippen molar-refractivity contribution >= 4 is 29.2 Å². The first-order valence-corrected chi connectivity index (χ1v) is 7.30. The molecular formula is C13H21N3OS. The molecule has 18 heavy (non-hydrogen) atoms. The molecule has 0 aliphatic carbocycles. The zero-order valence-corrected chi connectivity index (χ0v) is 12.1. The summed E-state index contributed by atoms with van der Waals surface area (Å²) < 4.78 is 0. The van der Waals surface area contributed by atoms with E-state index in [4.69, 9.17) is 0 Å². The van der Waals surface area contributed by atoms with Crippen LogP contribution in [0.25, 0.3) is 0 Å². The van der Waals surface area contributed by atoms with Crippen LogP contribution >= 0.6 is 11.8 Å². The monoisotopic (exact) mass is 267 g/mol. The Morgan fingerprint density at radius 2 is 2.22 bits per heavy atom. The van der Waals surface area contributed by atoms with Gasteiger partial charge < -0.3 is 10.2 Å². The standard InChI is InChI=1S/C13H21N3OS/c1-4-5-8-18-10-13(17)15-11-6-7-12(14-9-11)16(2)3/h6-7,9H,4-5,8,10H2,1-3H3,(H,15,17). The Morgan fingerprint density at radius 1 is 1.44 bits per heavy atom. The number of unbranched alkanes of at least 4 members (excludes halogenated alkanes) is 1. The van der Waals surface area contributed by atoms with Crippen LogP contribution in [0.15, 0.2) is 18.3 Å². The topological polar surface area (TPSA) is 45.2 Å². The van der Waals surface area contributed by atoms with Crippen molar-refractivity contribution < 1.29 is 4.79 Å². The lowest BCUT2D eigenvalue weighted by atomic mass is 10.4. The van der Waals surface area contributed by atoms with Crippen molar-refractivity contribution in [3.8, 4) is 0 Å². The van der Waals surface area contributed by atoms with Crippen molar-refractivity contribution in [1.82, 2.24) is 4.98 Å². The van der Waals surface area contributed by atoms with Crippen LogP contribution < -0.4 is 10.2 Å². The summed E-state index contributed by atoms with van der Waals surface area (Å²) in [5, 5.41) is 2.84. The summed E-state index contributed by atoms with van der Waals surface area (Å²) >= 11 is 1.67. The number of carbonyl (C=O) groups is 1. The van der Waals surface area contributed by atoms with Gasteiger partial charge in [-0.05, 0) is 24.3 Å². The minimum atomic E-state index is 0.0375. The molecule has 0 spiro atoms. The van der Waals surface area contributed by atoms with Crippen LogP contribution in [0, 0.1) is 0 Å². The van der Waals surface area contributed by atoms with Gasteiger partial charge in [0.05, 0.1) is 17.6 Å². The quantitative estimate of drug-likeness (QED) is 0.771. The molecule has 1 aromatic rings. The van der Waals surface area contributed by atoms with E-state index in [-0.39, 0.29) is 5.91 Å². The predicted molar refractivity (Wildman–Crippen MR) is 79.4 cm³/mol. The molecule has 0 aliphatic rings. The van der Waals surface area contributed by atoms with Gasteiger partial charge in [-0.1, -0.05) is 13.3 Å². The largest absolute Gasteiger partial charge is 0.363 e. The van der Waals surface area contributed by atoms with Crippen molar-refractivity contribution in [3.63, 3.8) is 0 Å². The molecule has 5 heteroatoms. The summed E-state index contributed by atoms with van der Waals surface area (Å²) in [7, 11) is 3.87. The third-order valence-corrected chi connectivity index (χ3v) is 3.41. The highest BCUT2D eigenvalue weighted by molar-refractivity contribution is 7.99. The average Bonchev–Trinajstić information content (AvgIpc) is 2.35. The smallest absolute Gasteiger partial charge is 0.234 e. The lowest BCUT2D eigenvalue weighted by molar-refractivity contribution is -0.113. The van der Waals surface area contributed by atoms with Crippen molar-refractivity contribution in [3.05, 3.63) is 18.3 Å². The number of nitrogens with one attached hydrogen (secondary N) is 1. The molecule has 1 rings (SSSR count). The van der Waals surface area contributed by atoms with Crippen molar-refractivity contribution in [1.29, 1.82) is 0 Å². The normalized spacial score (nSPS) is 10.2. The predicted octanol–water partition coefficient (Wildman–Crippen LogP) is 2.62. The number of carbonyl (C=O) groups excluding carboxylic acids is 1. The maximum Gasteiger partial charge on any atom is 0.234 e. The molecule has 1 amide bonds. The second-order valence-corrected chi connectivity index (χ2v) is 5.36. The van der Waals surface area contributed by atoms with Crippen molar-refractivity contribution in [2.45, 2.75) is 19.8 Å². The van der Waals surface area contributed by atoms with Gasteiger partial charge in [-0.15, -0.1) is 0 Å². The molecule has 0 aromatic carbocycles. The van der Waals surface area contributed by atoms with E-state index in [1.54, 1.807) is 18.0 Å². The van der Waals surface area contributed by atoms with Crippen LogP contribution in [0.1, 0.15) is 19.8 Å². The molecule has 0 unspecified atom stereocenters. The first-order chi connectivity index (χ1) is 8.63. The Morgan fingerprint density at radius 3 is 2.78 bits per heavy atom. The maximum atomic E-state index is 11.6. The number of anilines is 2. The number of hydrogen-bond acceptors (Lipinski definition) is 4. The fraction of sp³-hybridized carbons (Fsp3) is 0.538. The molecule has 0 aliphatic heterocycles. The number of thioether (sulfide) groups is 1. The zero-order chi connectivity index (χ0) is 13.4. The summed E-state index contributed by atoms with van der Waals surface area (Å²) in [6.45, 7) is 2.15. The molecular weight excluding hydrogens is 246 g/mol. The first-order valence-electron chi connectivity index (χ1n) is 6.14. The van der Waals surface area contributed by atoms with Crippen LogP contribution in [0.4, 0.5) is 11.5 Å². The molecule has 4 nitrogen and oxygen atoms in total. The number of nitrogens with zero attached hydrogens (tertiary/aromatic N) is 2. The van der Waals surface area contributed by atoms with Gasteiger partial charge in [0, 0.05) is 14.1 Å². The Balaban J connectivity index is 2.35. The third-order valence-electron chi connectivity index (χ3n) is 2.37. The van der Waals surface area contributed by atoms with E-state index in [0.717, 1.165) is 23.7 Å². The minimum absolute atomic E-state index is 0.0375. The molecule has 0 atom stereocenters. The molecule has 0 bridgehead atoms. The van der Waals surface area contributed by atoms with Gasteiger partial charge in [0.2, 0.25) is 5.91 Å². The van der Waals surface area contributed by atoms with Gasteiger partial charge in [0.15, 0.2) is 0 Å². The second kappa shape index (κ2) is 7.97. The lowest BCUT2D eigenvalue weighted by Crippen LogP contribution is -2.15. The Bertz CT molecular complexity index is 365. The number of hydrogen-bond donors (Lipinski definition) is 1. The maximum absolute atomic E-state index is 11.6. The molecule has 1 heterocycles. The molecule has 0 radical (unpaired) electrons. The summed E-state index contributed by atoms with van der Waals surface area (Å²) in [6.07, 6.45) is 4.02. The molecule has 0 fully saturated rings. The summed E-state index contributed by atoms with van der Waals surface area (Å²) in [5.41, 5.74) is 0.752. The second-order valence-electron chi connectivity index (χ2n) is 4.25. The number of pyridine rings is 1. The van der Waals surface area contributed by atoms with Gasteiger partial charge in [-0.2, -0.15) is 11.8 Å². The fourth-order valence-corrected chi connectivity index (χ4v) is 2.23. The van der Waals surface area contributed by atoms with Crippen LogP contribution in [-0.4, -0.2) is 36.5 Å². The van der Waals surface area contributed by atoms with Crippen LogP contribution in [0.5, 0.6) is 0 Å². The fourth-order valence-electron chi connectivity index (χ4n) is 1.33.